The Bertz CT molecular complexity index is 402. The van der Waals surface area contributed by atoms with Crippen molar-refractivity contribution in [1.29, 1.82) is 0 Å². The Morgan fingerprint density at radius 1 is 1.39 bits per heavy atom. The minimum absolute atomic E-state index is 0.349. The van der Waals surface area contributed by atoms with Gasteiger partial charge in [-0.3, -0.25) is 0 Å². The topological polar surface area (TPSA) is 28.2 Å². The SMILES string of the molecule is CN(CC(F)(F)F)c1cccc(CNC2CC2)n1. The third kappa shape index (κ3) is 4.18. The monoisotopic (exact) mass is 259 g/mol. The number of rotatable bonds is 5. The molecule has 1 N–H and O–H groups in total. The number of pyridine rings is 1. The predicted octanol–water partition coefficient (Wildman–Crippen LogP) is 2.33. The van der Waals surface area contributed by atoms with Crippen LogP contribution in [0.15, 0.2) is 18.2 Å². The van der Waals surface area contributed by atoms with Gasteiger partial charge in [-0.1, -0.05) is 6.07 Å². The summed E-state index contributed by atoms with van der Waals surface area (Å²) in [7, 11) is 1.40. The second-order valence-corrected chi connectivity index (χ2v) is 4.61. The second kappa shape index (κ2) is 5.14. The first kappa shape index (κ1) is 13.1. The molecule has 1 aliphatic carbocycles. The number of aromatic nitrogens is 1. The Morgan fingerprint density at radius 2 is 2.11 bits per heavy atom. The zero-order valence-corrected chi connectivity index (χ0v) is 10.2. The number of hydrogen-bond donors (Lipinski definition) is 1. The summed E-state index contributed by atoms with van der Waals surface area (Å²) in [6, 6.07) is 5.70. The Hall–Kier alpha value is -1.30. The van der Waals surface area contributed by atoms with E-state index in [0.29, 0.717) is 18.4 Å². The lowest BCUT2D eigenvalue weighted by Crippen LogP contribution is -2.31. The predicted molar refractivity (Wildman–Crippen MR) is 63.4 cm³/mol. The molecule has 1 saturated carbocycles. The van der Waals surface area contributed by atoms with Gasteiger partial charge in [0.2, 0.25) is 0 Å². The van der Waals surface area contributed by atoms with Gasteiger partial charge in [-0.15, -0.1) is 0 Å². The van der Waals surface area contributed by atoms with Gasteiger partial charge in [0.25, 0.3) is 0 Å². The van der Waals surface area contributed by atoms with Gasteiger partial charge in [0.1, 0.15) is 12.4 Å². The van der Waals surface area contributed by atoms with Gasteiger partial charge in [0.05, 0.1) is 5.69 Å². The Labute approximate surface area is 104 Å². The van der Waals surface area contributed by atoms with E-state index in [4.69, 9.17) is 0 Å². The highest BCUT2D eigenvalue weighted by atomic mass is 19.4. The first-order valence-corrected chi connectivity index (χ1v) is 5.91. The maximum absolute atomic E-state index is 12.3. The molecule has 1 fully saturated rings. The first-order valence-electron chi connectivity index (χ1n) is 5.91. The van der Waals surface area contributed by atoms with E-state index < -0.39 is 12.7 Å². The highest BCUT2D eigenvalue weighted by molar-refractivity contribution is 5.38. The van der Waals surface area contributed by atoms with Crippen LogP contribution in [0.3, 0.4) is 0 Å². The molecule has 0 atom stereocenters. The molecule has 0 aromatic carbocycles. The number of nitrogens with zero attached hydrogens (tertiary/aromatic N) is 2. The molecule has 18 heavy (non-hydrogen) atoms. The van der Waals surface area contributed by atoms with Crippen molar-refractivity contribution in [2.24, 2.45) is 0 Å². The fraction of sp³-hybridized carbons (Fsp3) is 0.583. The molecule has 100 valence electrons. The van der Waals surface area contributed by atoms with Gasteiger partial charge in [-0.05, 0) is 25.0 Å². The van der Waals surface area contributed by atoms with Crippen LogP contribution in [0.4, 0.5) is 19.0 Å². The van der Waals surface area contributed by atoms with E-state index in [1.54, 1.807) is 12.1 Å². The standard InChI is InChI=1S/C12H16F3N3/c1-18(8-12(13,14)15)11-4-2-3-10(17-11)7-16-9-5-6-9/h2-4,9,16H,5-8H2,1H3. The molecule has 0 aliphatic heterocycles. The van der Waals surface area contributed by atoms with E-state index >= 15 is 0 Å². The second-order valence-electron chi connectivity index (χ2n) is 4.61. The number of alkyl halides is 3. The first-order chi connectivity index (χ1) is 8.44. The summed E-state index contributed by atoms with van der Waals surface area (Å²) in [5.41, 5.74) is 0.772. The normalized spacial score (nSPS) is 15.8. The van der Waals surface area contributed by atoms with Crippen molar-refractivity contribution in [2.45, 2.75) is 31.6 Å². The lowest BCUT2D eigenvalue weighted by atomic mass is 10.3. The lowest BCUT2D eigenvalue weighted by molar-refractivity contribution is -0.119. The Balaban J connectivity index is 1.96. The van der Waals surface area contributed by atoms with E-state index in [0.717, 1.165) is 10.6 Å². The number of nitrogens with one attached hydrogen (secondary N) is 1. The average Bonchev–Trinajstić information content (AvgIpc) is 3.08. The van der Waals surface area contributed by atoms with E-state index in [1.807, 2.05) is 6.07 Å². The van der Waals surface area contributed by atoms with Gasteiger partial charge in [0.15, 0.2) is 0 Å². The molecule has 0 spiro atoms. The maximum Gasteiger partial charge on any atom is 0.405 e. The van der Waals surface area contributed by atoms with Gasteiger partial charge >= 0.3 is 6.18 Å². The fourth-order valence-corrected chi connectivity index (χ4v) is 1.66. The van der Waals surface area contributed by atoms with Crippen molar-refractivity contribution in [3.8, 4) is 0 Å². The van der Waals surface area contributed by atoms with E-state index in [9.17, 15) is 13.2 Å². The molecular weight excluding hydrogens is 243 g/mol. The summed E-state index contributed by atoms with van der Waals surface area (Å²) >= 11 is 0. The van der Waals surface area contributed by atoms with Crippen LogP contribution in [-0.4, -0.2) is 30.8 Å². The summed E-state index contributed by atoms with van der Waals surface area (Å²) in [6.45, 7) is -0.377. The van der Waals surface area contributed by atoms with Crippen LogP contribution in [0.1, 0.15) is 18.5 Å². The van der Waals surface area contributed by atoms with Crippen molar-refractivity contribution in [1.82, 2.24) is 10.3 Å². The van der Waals surface area contributed by atoms with Gasteiger partial charge in [-0.25, -0.2) is 4.98 Å². The smallest absolute Gasteiger partial charge is 0.351 e. The molecule has 0 radical (unpaired) electrons. The average molecular weight is 259 g/mol. The Kier molecular flexibility index (Phi) is 3.75. The fourth-order valence-electron chi connectivity index (χ4n) is 1.66. The highest BCUT2D eigenvalue weighted by Crippen LogP contribution is 2.21. The van der Waals surface area contributed by atoms with Crippen LogP contribution in [0.25, 0.3) is 0 Å². The quantitative estimate of drug-likeness (QED) is 0.879. The van der Waals surface area contributed by atoms with Crippen molar-refractivity contribution in [2.75, 3.05) is 18.5 Å². The number of hydrogen-bond acceptors (Lipinski definition) is 3. The number of halogens is 3. The zero-order valence-electron chi connectivity index (χ0n) is 10.2. The van der Waals surface area contributed by atoms with E-state index in [2.05, 4.69) is 10.3 Å². The van der Waals surface area contributed by atoms with Crippen LogP contribution in [0, 0.1) is 0 Å². The summed E-state index contributed by atoms with van der Waals surface area (Å²) < 4.78 is 36.8. The summed E-state index contributed by atoms with van der Waals surface area (Å²) in [4.78, 5) is 5.33. The van der Waals surface area contributed by atoms with Crippen LogP contribution in [0.2, 0.25) is 0 Å². The molecule has 1 heterocycles. The maximum atomic E-state index is 12.3. The van der Waals surface area contributed by atoms with Crippen LogP contribution in [0.5, 0.6) is 0 Å². The van der Waals surface area contributed by atoms with Crippen molar-refractivity contribution >= 4 is 5.82 Å². The van der Waals surface area contributed by atoms with Crippen molar-refractivity contribution in [3.63, 3.8) is 0 Å². The third-order valence-corrected chi connectivity index (χ3v) is 2.75. The summed E-state index contributed by atoms with van der Waals surface area (Å²) in [5, 5.41) is 3.28. The molecule has 0 saturated heterocycles. The molecule has 1 aromatic rings. The molecule has 2 rings (SSSR count). The number of anilines is 1. The molecule has 0 bridgehead atoms. The lowest BCUT2D eigenvalue weighted by Gasteiger charge is -2.20. The van der Waals surface area contributed by atoms with Crippen molar-refractivity contribution in [3.05, 3.63) is 23.9 Å². The molecule has 0 unspecified atom stereocenters. The minimum atomic E-state index is -4.21. The molecule has 6 heteroatoms. The van der Waals surface area contributed by atoms with E-state index in [-0.39, 0.29) is 0 Å². The largest absolute Gasteiger partial charge is 0.405 e. The minimum Gasteiger partial charge on any atom is -0.351 e. The molecule has 1 aromatic heterocycles. The third-order valence-electron chi connectivity index (χ3n) is 2.75. The summed E-state index contributed by atoms with van der Waals surface area (Å²) in [5.74, 6) is 0.349. The summed E-state index contributed by atoms with van der Waals surface area (Å²) in [6.07, 6.45) is -1.86. The van der Waals surface area contributed by atoms with Crippen LogP contribution in [-0.2, 0) is 6.54 Å². The molecule has 3 nitrogen and oxygen atoms in total. The van der Waals surface area contributed by atoms with Gasteiger partial charge in [-0.2, -0.15) is 13.2 Å². The van der Waals surface area contributed by atoms with Crippen LogP contribution < -0.4 is 10.2 Å². The van der Waals surface area contributed by atoms with E-state index in [1.165, 1.54) is 19.9 Å². The van der Waals surface area contributed by atoms with Gasteiger partial charge < -0.3 is 10.2 Å². The zero-order chi connectivity index (χ0) is 13.2. The van der Waals surface area contributed by atoms with Gasteiger partial charge in [0, 0.05) is 19.6 Å². The van der Waals surface area contributed by atoms with Crippen molar-refractivity contribution < 1.29 is 13.2 Å². The molecule has 0 amide bonds. The highest BCUT2D eigenvalue weighted by Gasteiger charge is 2.29. The molecular formula is C12H16F3N3. The Morgan fingerprint density at radius 3 is 2.72 bits per heavy atom. The molecule has 1 aliphatic rings. The van der Waals surface area contributed by atoms with Crippen LogP contribution >= 0.6 is 0 Å².